The van der Waals surface area contributed by atoms with Crippen molar-refractivity contribution >= 4 is 12.1 Å². The van der Waals surface area contributed by atoms with Gasteiger partial charge in [0.05, 0.1) is 6.61 Å². The highest BCUT2D eigenvalue weighted by atomic mass is 16.6. The molecule has 5 nitrogen and oxygen atoms in total. The minimum atomic E-state index is -0.694. The quantitative estimate of drug-likeness (QED) is 0.731. The highest BCUT2D eigenvalue weighted by Crippen LogP contribution is 2.06. The molecule has 16 heavy (non-hydrogen) atoms. The van der Waals surface area contributed by atoms with Gasteiger partial charge in [-0.05, 0) is 26.7 Å². The van der Waals surface area contributed by atoms with Gasteiger partial charge in [0.1, 0.15) is 12.1 Å². The molecule has 0 aliphatic heterocycles. The van der Waals surface area contributed by atoms with Crippen molar-refractivity contribution in [2.24, 2.45) is 5.92 Å². The van der Waals surface area contributed by atoms with Crippen molar-refractivity contribution < 1.29 is 19.1 Å². The Morgan fingerprint density at radius 3 is 2.19 bits per heavy atom. The van der Waals surface area contributed by atoms with Gasteiger partial charge in [0.25, 0.3) is 0 Å². The average molecular weight is 231 g/mol. The summed E-state index contributed by atoms with van der Waals surface area (Å²) in [5.41, 5.74) is 0. The van der Waals surface area contributed by atoms with Crippen LogP contribution in [0.15, 0.2) is 0 Å². The Labute approximate surface area is 96.5 Å². The summed E-state index contributed by atoms with van der Waals surface area (Å²) < 4.78 is 9.80. The molecule has 0 spiro atoms. The molecular weight excluding hydrogens is 210 g/mol. The molecule has 1 unspecified atom stereocenters. The maximum atomic E-state index is 11.5. The van der Waals surface area contributed by atoms with Crippen LogP contribution in [0.5, 0.6) is 0 Å². The smallest absolute Gasteiger partial charge is 0.407 e. The second-order valence-corrected chi connectivity index (χ2v) is 3.97. The van der Waals surface area contributed by atoms with Crippen molar-refractivity contribution in [3.05, 3.63) is 0 Å². The Balaban J connectivity index is 4.04. The second-order valence-electron chi connectivity index (χ2n) is 3.97. The van der Waals surface area contributed by atoms with Crippen LogP contribution in [0.4, 0.5) is 4.79 Å². The summed E-state index contributed by atoms with van der Waals surface area (Å²) in [7, 11) is 0. The van der Waals surface area contributed by atoms with E-state index in [9.17, 15) is 9.59 Å². The number of amides is 1. The van der Waals surface area contributed by atoms with E-state index in [0.717, 1.165) is 0 Å². The van der Waals surface area contributed by atoms with E-state index in [1.54, 1.807) is 13.8 Å². The van der Waals surface area contributed by atoms with Crippen LogP contribution >= 0.6 is 0 Å². The third-order valence-corrected chi connectivity index (χ3v) is 2.20. The first-order chi connectivity index (χ1) is 7.38. The number of alkyl carbamates (subject to hydrolysis) is 1. The van der Waals surface area contributed by atoms with Crippen molar-refractivity contribution in [3.63, 3.8) is 0 Å². The van der Waals surface area contributed by atoms with E-state index in [1.807, 2.05) is 20.8 Å². The molecular formula is C11H21NO4. The normalized spacial score (nSPS) is 14.1. The lowest BCUT2D eigenvalue weighted by atomic mass is 10.1. The van der Waals surface area contributed by atoms with E-state index in [0.29, 0.717) is 0 Å². The number of hydrogen-bond donors (Lipinski definition) is 1. The van der Waals surface area contributed by atoms with Crippen LogP contribution in [0.25, 0.3) is 0 Å². The molecule has 0 aromatic carbocycles. The monoisotopic (exact) mass is 231 g/mol. The zero-order valence-corrected chi connectivity index (χ0v) is 10.6. The first-order valence-corrected chi connectivity index (χ1v) is 5.52. The van der Waals surface area contributed by atoms with Gasteiger partial charge in [-0.3, -0.25) is 0 Å². The second kappa shape index (κ2) is 7.09. The zero-order valence-electron chi connectivity index (χ0n) is 10.6. The molecule has 0 aromatic heterocycles. The topological polar surface area (TPSA) is 64.6 Å². The summed E-state index contributed by atoms with van der Waals surface area (Å²) in [4.78, 5) is 22.5. The van der Waals surface area contributed by atoms with Gasteiger partial charge in [0, 0.05) is 0 Å². The van der Waals surface area contributed by atoms with E-state index in [1.165, 1.54) is 0 Å². The fourth-order valence-electron chi connectivity index (χ4n) is 0.830. The van der Waals surface area contributed by atoms with Crippen molar-refractivity contribution in [1.29, 1.82) is 0 Å². The Morgan fingerprint density at radius 1 is 1.19 bits per heavy atom. The average Bonchev–Trinajstić information content (AvgIpc) is 2.17. The molecule has 0 aromatic rings. The standard InChI is InChI=1S/C11H21NO4/c1-6-15-11(14)12-8(4)10(13)16-9(5)7(2)3/h7-9H,6H2,1-5H3,(H,12,14)/t8?,9-/m1/s1. The van der Waals surface area contributed by atoms with Gasteiger partial charge in [-0.15, -0.1) is 0 Å². The Hall–Kier alpha value is -1.26. The van der Waals surface area contributed by atoms with E-state index in [2.05, 4.69) is 10.1 Å². The summed E-state index contributed by atoms with van der Waals surface area (Å²) in [5.74, 6) is -0.201. The molecule has 5 heteroatoms. The summed E-state index contributed by atoms with van der Waals surface area (Å²) >= 11 is 0. The number of ether oxygens (including phenoxy) is 2. The molecule has 1 amide bonds. The number of hydrogen-bond acceptors (Lipinski definition) is 4. The van der Waals surface area contributed by atoms with Crippen LogP contribution in [-0.4, -0.2) is 30.8 Å². The molecule has 0 aliphatic rings. The molecule has 0 fully saturated rings. The summed E-state index contributed by atoms with van der Waals surface area (Å²) in [6, 6.07) is -0.694. The molecule has 0 saturated carbocycles. The molecule has 2 atom stereocenters. The predicted octanol–water partition coefficient (Wildman–Crippen LogP) is 1.71. The molecule has 0 saturated heterocycles. The maximum Gasteiger partial charge on any atom is 0.407 e. The number of carbonyl (C=O) groups is 2. The van der Waals surface area contributed by atoms with Crippen LogP contribution in [0.1, 0.15) is 34.6 Å². The highest BCUT2D eigenvalue weighted by molar-refractivity contribution is 5.80. The maximum absolute atomic E-state index is 11.5. The molecule has 0 aliphatic carbocycles. The minimum Gasteiger partial charge on any atom is -0.461 e. The number of carbonyl (C=O) groups excluding carboxylic acids is 2. The molecule has 0 rings (SSSR count). The fourth-order valence-corrected chi connectivity index (χ4v) is 0.830. The van der Waals surface area contributed by atoms with E-state index in [-0.39, 0.29) is 18.6 Å². The molecule has 0 heterocycles. The van der Waals surface area contributed by atoms with E-state index in [4.69, 9.17) is 4.74 Å². The molecule has 0 radical (unpaired) electrons. The van der Waals surface area contributed by atoms with Crippen molar-refractivity contribution in [3.8, 4) is 0 Å². The van der Waals surface area contributed by atoms with Gasteiger partial charge in [-0.25, -0.2) is 9.59 Å². The first kappa shape index (κ1) is 14.7. The molecule has 1 N–H and O–H groups in total. The third-order valence-electron chi connectivity index (χ3n) is 2.20. The minimum absolute atomic E-state index is 0.168. The number of rotatable bonds is 5. The van der Waals surface area contributed by atoms with Crippen LogP contribution < -0.4 is 5.32 Å². The predicted molar refractivity (Wildman–Crippen MR) is 60.0 cm³/mol. The lowest BCUT2D eigenvalue weighted by molar-refractivity contribution is -0.152. The summed E-state index contributed by atoms with van der Waals surface area (Å²) in [5, 5.41) is 2.39. The lowest BCUT2D eigenvalue weighted by Crippen LogP contribution is -2.41. The Bertz CT molecular complexity index is 240. The van der Waals surface area contributed by atoms with Crippen LogP contribution in [0, 0.1) is 5.92 Å². The fraction of sp³-hybridized carbons (Fsp3) is 0.818. The zero-order chi connectivity index (χ0) is 12.7. The van der Waals surface area contributed by atoms with Gasteiger partial charge in [0.2, 0.25) is 0 Å². The van der Waals surface area contributed by atoms with Crippen molar-refractivity contribution in [2.45, 2.75) is 46.8 Å². The largest absolute Gasteiger partial charge is 0.461 e. The van der Waals surface area contributed by atoms with Crippen molar-refractivity contribution in [2.75, 3.05) is 6.61 Å². The van der Waals surface area contributed by atoms with Crippen LogP contribution in [0.3, 0.4) is 0 Å². The molecule has 94 valence electrons. The van der Waals surface area contributed by atoms with Crippen LogP contribution in [-0.2, 0) is 14.3 Å². The van der Waals surface area contributed by atoms with E-state index >= 15 is 0 Å². The van der Waals surface area contributed by atoms with Gasteiger partial charge in [-0.2, -0.15) is 0 Å². The highest BCUT2D eigenvalue weighted by Gasteiger charge is 2.20. The van der Waals surface area contributed by atoms with E-state index < -0.39 is 18.1 Å². The lowest BCUT2D eigenvalue weighted by Gasteiger charge is -2.19. The number of esters is 1. The summed E-state index contributed by atoms with van der Waals surface area (Å²) in [6.45, 7) is 9.27. The van der Waals surface area contributed by atoms with Crippen LogP contribution in [0.2, 0.25) is 0 Å². The summed E-state index contributed by atoms with van der Waals surface area (Å²) in [6.07, 6.45) is -0.775. The Morgan fingerprint density at radius 2 is 1.75 bits per heavy atom. The molecule has 0 bridgehead atoms. The van der Waals surface area contributed by atoms with Gasteiger partial charge in [0.15, 0.2) is 0 Å². The Kier molecular flexibility index (Phi) is 6.53. The van der Waals surface area contributed by atoms with Crippen molar-refractivity contribution in [1.82, 2.24) is 5.32 Å². The van der Waals surface area contributed by atoms with Gasteiger partial charge < -0.3 is 14.8 Å². The number of nitrogens with one attached hydrogen (secondary N) is 1. The van der Waals surface area contributed by atoms with Gasteiger partial charge in [-0.1, -0.05) is 13.8 Å². The first-order valence-electron chi connectivity index (χ1n) is 5.52. The van der Waals surface area contributed by atoms with Gasteiger partial charge >= 0.3 is 12.1 Å². The third kappa shape index (κ3) is 5.58. The SMILES string of the molecule is CCOC(=O)NC(C)C(=O)O[C@H](C)C(C)C.